The Morgan fingerprint density at radius 1 is 0.938 bits per heavy atom. The van der Waals surface area contributed by atoms with E-state index >= 15 is 0 Å². The van der Waals surface area contributed by atoms with Crippen molar-refractivity contribution < 1.29 is 0 Å². The summed E-state index contributed by atoms with van der Waals surface area (Å²) in [6.45, 7) is 17.0. The van der Waals surface area contributed by atoms with Crippen LogP contribution in [0.5, 0.6) is 0 Å². The van der Waals surface area contributed by atoms with Crippen molar-refractivity contribution in [2.24, 2.45) is 5.92 Å². The first-order valence-electron chi connectivity index (χ1n) is 12.5. The number of nitrogens with zero attached hydrogens (tertiary/aromatic N) is 4. The van der Waals surface area contributed by atoms with E-state index in [1.807, 2.05) is 0 Å². The highest BCUT2D eigenvalue weighted by molar-refractivity contribution is 5.95. The topological polar surface area (TPSA) is 24.3 Å². The van der Waals surface area contributed by atoms with Crippen molar-refractivity contribution in [2.45, 2.75) is 60.3 Å². The smallest absolute Gasteiger partial charge is 0.147 e. The molecule has 32 heavy (non-hydrogen) atoms. The van der Waals surface area contributed by atoms with Crippen molar-refractivity contribution in [3.05, 3.63) is 52.3 Å². The highest BCUT2D eigenvalue weighted by atomic mass is 15.2. The molecule has 0 amide bonds. The predicted octanol–water partition coefficient (Wildman–Crippen LogP) is 5.88. The minimum absolute atomic E-state index is 0.862. The highest BCUT2D eigenvalue weighted by Crippen LogP contribution is 2.37. The van der Waals surface area contributed by atoms with E-state index in [0.717, 1.165) is 23.8 Å². The Hall–Kier alpha value is -2.33. The van der Waals surface area contributed by atoms with E-state index in [4.69, 9.17) is 4.98 Å². The van der Waals surface area contributed by atoms with Gasteiger partial charge in [-0.25, -0.2) is 4.98 Å². The van der Waals surface area contributed by atoms with Crippen LogP contribution >= 0.6 is 0 Å². The first-order chi connectivity index (χ1) is 15.4. The van der Waals surface area contributed by atoms with E-state index in [2.05, 4.69) is 73.4 Å². The van der Waals surface area contributed by atoms with Crippen LogP contribution in [0.4, 0.5) is 5.69 Å². The summed E-state index contributed by atoms with van der Waals surface area (Å²) in [6, 6.07) is 6.91. The minimum atomic E-state index is 0.862. The number of likely N-dealkylation sites (tertiary alicyclic amines) is 1. The van der Waals surface area contributed by atoms with Crippen LogP contribution in [0.3, 0.4) is 0 Å². The van der Waals surface area contributed by atoms with Crippen LogP contribution in [0, 0.1) is 40.5 Å². The summed E-state index contributed by atoms with van der Waals surface area (Å²) in [6.07, 6.45) is 7.79. The predicted molar refractivity (Wildman–Crippen MR) is 135 cm³/mol. The van der Waals surface area contributed by atoms with Gasteiger partial charge in [0, 0.05) is 42.6 Å². The van der Waals surface area contributed by atoms with Gasteiger partial charge in [0.05, 0.1) is 5.69 Å². The molecule has 0 spiro atoms. The van der Waals surface area contributed by atoms with Crippen molar-refractivity contribution in [1.29, 1.82) is 0 Å². The van der Waals surface area contributed by atoms with Crippen molar-refractivity contribution >= 4 is 16.7 Å². The van der Waals surface area contributed by atoms with E-state index in [1.165, 1.54) is 90.9 Å². The van der Waals surface area contributed by atoms with E-state index in [1.54, 1.807) is 0 Å². The molecule has 0 unspecified atom stereocenters. The zero-order valence-corrected chi connectivity index (χ0v) is 20.5. The van der Waals surface area contributed by atoms with Crippen molar-refractivity contribution in [2.75, 3.05) is 37.6 Å². The number of rotatable bonds is 7. The summed E-state index contributed by atoms with van der Waals surface area (Å²) >= 11 is 0. The molecule has 3 heterocycles. The zero-order chi connectivity index (χ0) is 22.4. The SMILES string of the molecule is Cc1cc(C)c(-n2cc(C)c3c(N(CCN4CCCC4)CC4CC4)cc(C)nc32)c(C)c1. The third-order valence-corrected chi connectivity index (χ3v) is 7.33. The number of hydrogen-bond donors (Lipinski definition) is 0. The second-order valence-electron chi connectivity index (χ2n) is 10.3. The number of anilines is 1. The van der Waals surface area contributed by atoms with Crippen LogP contribution in [0.25, 0.3) is 16.7 Å². The first kappa shape index (κ1) is 21.5. The quantitative estimate of drug-likeness (QED) is 0.468. The molecule has 2 aliphatic rings. The summed E-state index contributed by atoms with van der Waals surface area (Å²) in [4.78, 5) is 10.4. The zero-order valence-electron chi connectivity index (χ0n) is 20.5. The Bertz CT molecular complexity index is 1110. The van der Waals surface area contributed by atoms with Crippen molar-refractivity contribution in [1.82, 2.24) is 14.5 Å². The molecule has 0 bridgehead atoms. The maximum absolute atomic E-state index is 5.08. The van der Waals surface area contributed by atoms with Crippen molar-refractivity contribution in [3.63, 3.8) is 0 Å². The third-order valence-electron chi connectivity index (χ3n) is 7.33. The van der Waals surface area contributed by atoms with Crippen LogP contribution in [0.15, 0.2) is 24.4 Å². The summed E-state index contributed by atoms with van der Waals surface area (Å²) in [5.41, 5.74) is 10.1. The molecule has 1 aliphatic carbocycles. The lowest BCUT2D eigenvalue weighted by Crippen LogP contribution is -2.35. The number of hydrogen-bond acceptors (Lipinski definition) is 3. The molecule has 4 nitrogen and oxygen atoms in total. The maximum atomic E-state index is 5.08. The molecule has 1 aliphatic heterocycles. The van der Waals surface area contributed by atoms with Gasteiger partial charge in [-0.1, -0.05) is 17.7 Å². The molecule has 1 saturated carbocycles. The fourth-order valence-electron chi connectivity index (χ4n) is 5.67. The Morgan fingerprint density at radius 2 is 1.62 bits per heavy atom. The molecular formula is C28H38N4. The number of aromatic nitrogens is 2. The third kappa shape index (κ3) is 4.17. The van der Waals surface area contributed by atoms with Gasteiger partial charge in [-0.2, -0.15) is 0 Å². The second kappa shape index (κ2) is 8.55. The molecular weight excluding hydrogens is 392 g/mol. The normalized spacial score (nSPS) is 16.9. The summed E-state index contributed by atoms with van der Waals surface area (Å²) in [5, 5.41) is 1.33. The molecule has 1 aromatic carbocycles. The number of fused-ring (bicyclic) bond motifs is 1. The van der Waals surface area contributed by atoms with Gasteiger partial charge in [0.25, 0.3) is 0 Å². The fourth-order valence-corrected chi connectivity index (χ4v) is 5.67. The molecule has 0 radical (unpaired) electrons. The Balaban J connectivity index is 1.60. The molecule has 2 aromatic heterocycles. The largest absolute Gasteiger partial charge is 0.369 e. The second-order valence-corrected chi connectivity index (χ2v) is 10.3. The van der Waals surface area contributed by atoms with Gasteiger partial charge in [0.2, 0.25) is 0 Å². The van der Waals surface area contributed by atoms with Gasteiger partial charge < -0.3 is 14.4 Å². The van der Waals surface area contributed by atoms with Gasteiger partial charge in [-0.3, -0.25) is 0 Å². The van der Waals surface area contributed by atoms with Gasteiger partial charge in [-0.15, -0.1) is 0 Å². The Labute approximate surface area is 193 Å². The van der Waals surface area contributed by atoms with E-state index in [0.29, 0.717) is 0 Å². The molecule has 170 valence electrons. The summed E-state index contributed by atoms with van der Waals surface area (Å²) < 4.78 is 2.35. The molecule has 5 rings (SSSR count). The summed E-state index contributed by atoms with van der Waals surface area (Å²) in [7, 11) is 0. The van der Waals surface area contributed by atoms with Gasteiger partial charge in [0.1, 0.15) is 5.65 Å². The van der Waals surface area contributed by atoms with E-state index < -0.39 is 0 Å². The monoisotopic (exact) mass is 430 g/mol. The minimum Gasteiger partial charge on any atom is -0.369 e. The first-order valence-corrected chi connectivity index (χ1v) is 12.5. The van der Waals surface area contributed by atoms with E-state index in [-0.39, 0.29) is 0 Å². The Morgan fingerprint density at radius 3 is 2.28 bits per heavy atom. The molecule has 1 saturated heterocycles. The van der Waals surface area contributed by atoms with Crippen LogP contribution in [-0.4, -0.2) is 47.2 Å². The molecule has 4 heteroatoms. The van der Waals surface area contributed by atoms with Crippen LogP contribution < -0.4 is 4.90 Å². The number of aryl methyl sites for hydroxylation is 5. The molecule has 0 N–H and O–H groups in total. The Kier molecular flexibility index (Phi) is 5.75. The van der Waals surface area contributed by atoms with Crippen LogP contribution in [0.2, 0.25) is 0 Å². The van der Waals surface area contributed by atoms with Crippen molar-refractivity contribution in [3.8, 4) is 5.69 Å². The molecule has 2 fully saturated rings. The highest BCUT2D eigenvalue weighted by Gasteiger charge is 2.27. The van der Waals surface area contributed by atoms with E-state index in [9.17, 15) is 0 Å². The van der Waals surface area contributed by atoms with Crippen LogP contribution in [0.1, 0.15) is 53.6 Å². The number of pyridine rings is 1. The average molecular weight is 431 g/mol. The fraction of sp³-hybridized carbons (Fsp3) is 0.536. The standard InChI is InChI=1S/C28H38N4/c1-19-14-20(2)27(21(3)15-19)32-17-22(4)26-25(16-23(5)29-28(26)32)31(18-24-8-9-24)13-12-30-10-6-7-11-30/h14-17,24H,6-13,18H2,1-5H3. The molecule has 0 atom stereocenters. The lowest BCUT2D eigenvalue weighted by molar-refractivity contribution is 0.344. The lowest BCUT2D eigenvalue weighted by atomic mass is 10.1. The molecule has 3 aromatic rings. The number of benzene rings is 1. The lowest BCUT2D eigenvalue weighted by Gasteiger charge is -2.28. The van der Waals surface area contributed by atoms with Gasteiger partial charge >= 0.3 is 0 Å². The van der Waals surface area contributed by atoms with Gasteiger partial charge in [-0.05, 0) is 102 Å². The average Bonchev–Trinajstić information content (AvgIpc) is 3.28. The summed E-state index contributed by atoms with van der Waals surface area (Å²) in [5.74, 6) is 0.862. The van der Waals surface area contributed by atoms with Crippen LogP contribution in [-0.2, 0) is 0 Å². The van der Waals surface area contributed by atoms with Gasteiger partial charge in [0.15, 0.2) is 0 Å². The maximum Gasteiger partial charge on any atom is 0.147 e.